The second-order valence-electron chi connectivity index (χ2n) is 5.36. The predicted molar refractivity (Wildman–Crippen MR) is 85.7 cm³/mol. The summed E-state index contributed by atoms with van der Waals surface area (Å²) in [6.07, 6.45) is 0. The molecule has 0 saturated heterocycles. The lowest BCUT2D eigenvalue weighted by molar-refractivity contribution is 0.290. The van der Waals surface area contributed by atoms with Crippen molar-refractivity contribution in [1.82, 2.24) is 0 Å². The van der Waals surface area contributed by atoms with Crippen LogP contribution in [0.5, 0.6) is 11.5 Å². The highest BCUT2D eigenvalue weighted by atomic mass is 19.2. The van der Waals surface area contributed by atoms with Crippen LogP contribution in [0.2, 0.25) is 0 Å². The molecule has 0 N–H and O–H groups in total. The Morgan fingerprint density at radius 1 is 0.680 bits per heavy atom. The van der Waals surface area contributed by atoms with Crippen molar-refractivity contribution in [2.24, 2.45) is 0 Å². The van der Waals surface area contributed by atoms with E-state index >= 15 is 0 Å². The molecule has 0 radical (unpaired) electrons. The van der Waals surface area contributed by atoms with Gasteiger partial charge in [-0.3, -0.25) is 0 Å². The van der Waals surface area contributed by atoms with E-state index < -0.39 is 23.3 Å². The number of ether oxygens (including phenoxy) is 2. The van der Waals surface area contributed by atoms with Crippen LogP contribution in [0.3, 0.4) is 0 Å². The molecular formula is C19H14F4O2. The van der Waals surface area contributed by atoms with E-state index in [0.717, 1.165) is 24.3 Å². The van der Waals surface area contributed by atoms with E-state index in [2.05, 4.69) is 0 Å². The summed E-state index contributed by atoms with van der Waals surface area (Å²) in [6, 6.07) is 8.81. The van der Waals surface area contributed by atoms with E-state index in [4.69, 9.17) is 9.47 Å². The quantitative estimate of drug-likeness (QED) is 0.576. The van der Waals surface area contributed by atoms with Crippen LogP contribution >= 0.6 is 0 Å². The van der Waals surface area contributed by atoms with Crippen LogP contribution in [0, 0.1) is 23.3 Å². The minimum atomic E-state index is -0.978. The van der Waals surface area contributed by atoms with Crippen molar-refractivity contribution >= 4 is 10.8 Å². The van der Waals surface area contributed by atoms with Crippen molar-refractivity contribution in [3.63, 3.8) is 0 Å². The standard InChI is InChI=1S/C19H14F4O2/c1-2-24-14-8-16(20)15(17(21)9-14)10-25-13-4-3-11-6-18(22)19(23)7-12(11)5-13/h3-9H,2,10H2,1H3. The summed E-state index contributed by atoms with van der Waals surface area (Å²) in [5, 5.41) is 0.911. The molecule has 3 rings (SSSR count). The summed E-state index contributed by atoms with van der Waals surface area (Å²) in [4.78, 5) is 0. The molecular weight excluding hydrogens is 336 g/mol. The molecule has 0 unspecified atom stereocenters. The van der Waals surface area contributed by atoms with Crippen molar-refractivity contribution in [3.05, 3.63) is 71.3 Å². The molecule has 25 heavy (non-hydrogen) atoms. The van der Waals surface area contributed by atoms with Gasteiger partial charge < -0.3 is 9.47 Å². The molecule has 0 bridgehead atoms. The lowest BCUT2D eigenvalue weighted by Gasteiger charge is -2.11. The Hall–Kier alpha value is -2.76. The summed E-state index contributed by atoms with van der Waals surface area (Å²) in [6.45, 7) is 1.66. The second kappa shape index (κ2) is 7.01. The van der Waals surface area contributed by atoms with Crippen molar-refractivity contribution in [2.75, 3.05) is 6.61 Å². The molecule has 0 spiro atoms. The van der Waals surface area contributed by atoms with Crippen LogP contribution in [-0.4, -0.2) is 6.61 Å². The zero-order valence-electron chi connectivity index (χ0n) is 13.3. The topological polar surface area (TPSA) is 18.5 Å². The molecule has 0 aliphatic carbocycles. The highest BCUT2D eigenvalue weighted by molar-refractivity contribution is 5.84. The fraction of sp³-hybridized carbons (Fsp3) is 0.158. The maximum atomic E-state index is 14.0. The minimum absolute atomic E-state index is 0.101. The number of fused-ring (bicyclic) bond motifs is 1. The molecule has 0 aliphatic heterocycles. The molecule has 2 nitrogen and oxygen atoms in total. The number of rotatable bonds is 5. The molecule has 3 aromatic carbocycles. The number of halogens is 4. The normalized spacial score (nSPS) is 10.9. The highest BCUT2D eigenvalue weighted by Gasteiger charge is 2.13. The minimum Gasteiger partial charge on any atom is -0.494 e. The zero-order valence-corrected chi connectivity index (χ0v) is 13.3. The van der Waals surface area contributed by atoms with Crippen LogP contribution in [0.15, 0.2) is 42.5 Å². The average Bonchev–Trinajstić information content (AvgIpc) is 2.55. The van der Waals surface area contributed by atoms with Gasteiger partial charge in [0.15, 0.2) is 11.6 Å². The molecule has 0 amide bonds. The zero-order chi connectivity index (χ0) is 18.0. The van der Waals surface area contributed by atoms with Gasteiger partial charge in [-0.25, -0.2) is 17.6 Å². The Kier molecular flexibility index (Phi) is 4.79. The summed E-state index contributed by atoms with van der Waals surface area (Å²) >= 11 is 0. The van der Waals surface area contributed by atoms with Gasteiger partial charge in [-0.15, -0.1) is 0 Å². The van der Waals surface area contributed by atoms with Crippen molar-refractivity contribution < 1.29 is 27.0 Å². The van der Waals surface area contributed by atoms with Crippen LogP contribution in [-0.2, 0) is 6.61 Å². The number of benzene rings is 3. The first-order valence-electron chi connectivity index (χ1n) is 7.60. The van der Waals surface area contributed by atoms with Crippen LogP contribution in [0.25, 0.3) is 10.8 Å². The molecule has 3 aromatic rings. The van der Waals surface area contributed by atoms with E-state index in [9.17, 15) is 17.6 Å². The third kappa shape index (κ3) is 3.68. The van der Waals surface area contributed by atoms with E-state index in [1.54, 1.807) is 6.92 Å². The largest absolute Gasteiger partial charge is 0.494 e. The van der Waals surface area contributed by atoms with Crippen LogP contribution in [0.1, 0.15) is 12.5 Å². The Labute approximate surface area is 141 Å². The first-order valence-corrected chi connectivity index (χ1v) is 7.60. The first kappa shape index (κ1) is 17.1. The van der Waals surface area contributed by atoms with Crippen LogP contribution in [0.4, 0.5) is 17.6 Å². The molecule has 6 heteroatoms. The highest BCUT2D eigenvalue weighted by Crippen LogP contribution is 2.26. The van der Waals surface area contributed by atoms with E-state index in [-0.39, 0.29) is 23.7 Å². The van der Waals surface area contributed by atoms with Gasteiger partial charge in [-0.2, -0.15) is 0 Å². The fourth-order valence-corrected chi connectivity index (χ4v) is 2.43. The van der Waals surface area contributed by atoms with Crippen LogP contribution < -0.4 is 9.47 Å². The second-order valence-corrected chi connectivity index (χ2v) is 5.36. The van der Waals surface area contributed by atoms with Crippen molar-refractivity contribution in [3.8, 4) is 11.5 Å². The third-order valence-electron chi connectivity index (χ3n) is 3.66. The lowest BCUT2D eigenvalue weighted by atomic mass is 10.1. The molecule has 0 atom stereocenters. The van der Waals surface area contributed by atoms with Gasteiger partial charge in [0.1, 0.15) is 29.7 Å². The molecule has 0 fully saturated rings. The van der Waals surface area contributed by atoms with E-state index in [1.165, 1.54) is 18.2 Å². The van der Waals surface area contributed by atoms with Gasteiger partial charge in [0.05, 0.1) is 12.2 Å². The van der Waals surface area contributed by atoms with Gasteiger partial charge in [0, 0.05) is 12.1 Å². The smallest absolute Gasteiger partial charge is 0.159 e. The first-order chi connectivity index (χ1) is 12.0. The lowest BCUT2D eigenvalue weighted by Crippen LogP contribution is -2.03. The van der Waals surface area contributed by atoms with Gasteiger partial charge in [0.2, 0.25) is 0 Å². The Morgan fingerprint density at radius 2 is 1.32 bits per heavy atom. The summed E-state index contributed by atoms with van der Waals surface area (Å²) in [7, 11) is 0. The number of hydrogen-bond acceptors (Lipinski definition) is 2. The maximum absolute atomic E-state index is 14.0. The SMILES string of the molecule is CCOc1cc(F)c(COc2ccc3cc(F)c(F)cc3c2)c(F)c1. The Bertz CT molecular complexity index is 902. The van der Waals surface area contributed by atoms with Gasteiger partial charge >= 0.3 is 0 Å². The van der Waals surface area contributed by atoms with Crippen molar-refractivity contribution in [1.29, 1.82) is 0 Å². The predicted octanol–water partition coefficient (Wildman–Crippen LogP) is 5.37. The summed E-state index contributed by atoms with van der Waals surface area (Å²) in [5.41, 5.74) is -0.242. The molecule has 0 saturated carbocycles. The fourth-order valence-electron chi connectivity index (χ4n) is 2.43. The Balaban J connectivity index is 1.82. The molecule has 0 aromatic heterocycles. The Morgan fingerprint density at radius 3 is 1.96 bits per heavy atom. The molecule has 130 valence electrons. The van der Waals surface area contributed by atoms with Gasteiger partial charge in [0.25, 0.3) is 0 Å². The van der Waals surface area contributed by atoms with E-state index in [1.807, 2.05) is 0 Å². The summed E-state index contributed by atoms with van der Waals surface area (Å²) in [5.74, 6) is -3.10. The van der Waals surface area contributed by atoms with Crippen molar-refractivity contribution in [2.45, 2.75) is 13.5 Å². The maximum Gasteiger partial charge on any atom is 0.159 e. The molecule has 0 heterocycles. The average molecular weight is 350 g/mol. The van der Waals surface area contributed by atoms with Gasteiger partial charge in [-0.1, -0.05) is 6.07 Å². The van der Waals surface area contributed by atoms with E-state index in [0.29, 0.717) is 17.4 Å². The molecule has 0 aliphatic rings. The number of hydrogen-bond donors (Lipinski definition) is 0. The van der Waals surface area contributed by atoms with Gasteiger partial charge in [-0.05, 0) is 42.0 Å². The monoisotopic (exact) mass is 350 g/mol. The third-order valence-corrected chi connectivity index (χ3v) is 3.66. The summed E-state index contributed by atoms with van der Waals surface area (Å²) < 4.78 is 65.0.